The highest BCUT2D eigenvalue weighted by atomic mass is 28.3. The molecule has 0 fully saturated rings. The van der Waals surface area contributed by atoms with Crippen LogP contribution in [-0.2, 0) is 29.0 Å². The second-order valence-electron chi connectivity index (χ2n) is 11.4. The third-order valence-electron chi connectivity index (χ3n) is 5.86. The van der Waals surface area contributed by atoms with Crippen molar-refractivity contribution >= 4 is 38.5 Å². The molecule has 0 aliphatic rings. The number of hydrogen-bond acceptors (Lipinski definition) is 8. The number of ether oxygens (including phenoxy) is 2. The lowest BCUT2D eigenvalue weighted by Crippen LogP contribution is -2.37. The summed E-state index contributed by atoms with van der Waals surface area (Å²) in [5, 5.41) is 2.45. The lowest BCUT2D eigenvalue weighted by molar-refractivity contribution is -0.422. The predicted molar refractivity (Wildman–Crippen MR) is 157 cm³/mol. The van der Waals surface area contributed by atoms with Gasteiger partial charge in [0.15, 0.2) is 0 Å². The molecule has 39 heavy (non-hydrogen) atoms. The van der Waals surface area contributed by atoms with E-state index in [0.29, 0.717) is 24.3 Å². The van der Waals surface area contributed by atoms with Crippen LogP contribution in [0.4, 0.5) is 0 Å². The Bertz CT molecular complexity index is 938. The Balaban J connectivity index is 1.92. The molecule has 0 aliphatic heterocycles. The van der Waals surface area contributed by atoms with Crippen LogP contribution in [0.25, 0.3) is 0 Å². The van der Waals surface area contributed by atoms with Crippen LogP contribution in [0.2, 0.25) is 39.3 Å². The van der Waals surface area contributed by atoms with E-state index in [2.05, 4.69) is 46.2 Å². The summed E-state index contributed by atoms with van der Waals surface area (Å²) in [4.78, 5) is 45.6. The molecular weight excluding hydrogens is 532 g/mol. The van der Waals surface area contributed by atoms with E-state index in [9.17, 15) is 9.59 Å². The molecule has 0 N–H and O–H groups in total. The first-order valence-electron chi connectivity index (χ1n) is 13.5. The molecule has 0 aromatic heterocycles. The predicted octanol–water partition coefficient (Wildman–Crippen LogP) is 5.20. The van der Waals surface area contributed by atoms with Crippen molar-refractivity contribution < 1.29 is 38.6 Å². The van der Waals surface area contributed by atoms with Crippen LogP contribution in [0.3, 0.4) is 0 Å². The molecule has 0 heterocycles. The minimum Gasteiger partial charge on any atom is -0.381 e. The average Bonchev–Trinajstić information content (AvgIpc) is 2.90. The maximum Gasteiger partial charge on any atom is 0.373 e. The lowest BCUT2D eigenvalue weighted by atomic mass is 10.2. The van der Waals surface area contributed by atoms with Gasteiger partial charge in [-0.1, -0.05) is 80.8 Å². The van der Waals surface area contributed by atoms with E-state index in [1.165, 1.54) is 10.4 Å². The fourth-order valence-electron chi connectivity index (χ4n) is 3.41. The molecule has 0 radical (unpaired) electrons. The van der Waals surface area contributed by atoms with Crippen molar-refractivity contribution in [2.45, 2.75) is 71.8 Å². The summed E-state index contributed by atoms with van der Waals surface area (Å²) in [7, 11) is -2.99. The maximum absolute atomic E-state index is 12.5. The Morgan fingerprint density at radius 3 is 1.44 bits per heavy atom. The van der Waals surface area contributed by atoms with E-state index in [1.807, 2.05) is 24.3 Å². The molecule has 0 saturated heterocycles. The van der Waals surface area contributed by atoms with E-state index < -0.39 is 34.4 Å². The summed E-state index contributed by atoms with van der Waals surface area (Å²) in [5.74, 6) is -1.35. The molecule has 10 heteroatoms. The highest BCUT2D eigenvalue weighted by Gasteiger charge is 2.22. The maximum atomic E-state index is 12.5. The second kappa shape index (κ2) is 16.0. The van der Waals surface area contributed by atoms with Crippen molar-refractivity contribution in [1.29, 1.82) is 0 Å². The first-order valence-corrected chi connectivity index (χ1v) is 20.5. The summed E-state index contributed by atoms with van der Waals surface area (Å²) in [5.41, 5.74) is 0.692. The number of hydrogen-bond donors (Lipinski definition) is 0. The van der Waals surface area contributed by atoms with E-state index in [4.69, 9.17) is 29.0 Å². The zero-order valence-electron chi connectivity index (χ0n) is 24.4. The van der Waals surface area contributed by atoms with Crippen LogP contribution in [0.5, 0.6) is 0 Å². The van der Waals surface area contributed by atoms with Crippen molar-refractivity contribution in [1.82, 2.24) is 0 Å². The van der Waals surface area contributed by atoms with Crippen LogP contribution in [0.1, 0.15) is 46.9 Å². The molecule has 216 valence electrons. The molecule has 0 atom stereocenters. The van der Waals surface area contributed by atoms with E-state index >= 15 is 0 Å². The van der Waals surface area contributed by atoms with Crippen molar-refractivity contribution in [2.75, 3.05) is 26.4 Å². The van der Waals surface area contributed by atoms with Gasteiger partial charge in [-0.3, -0.25) is 9.78 Å². The molecule has 2 aromatic carbocycles. The normalized spacial score (nSPS) is 12.0. The minimum absolute atomic E-state index is 0.166. The standard InChI is InChI=1S/C29H44O8Si2/c1-8-19-32-20-9-21-33-22-18-27(34-36-28(30)23-10-14-25(15-11-23)38(2,3)4)35-37-29(31)24-12-16-26(17-13-24)39(5,6)7/h10-17,27H,8-9,18-22H2,1-7H3. The lowest BCUT2D eigenvalue weighted by Gasteiger charge is -2.17. The third-order valence-corrected chi connectivity index (χ3v) is 9.99. The van der Waals surface area contributed by atoms with Gasteiger partial charge in [0.2, 0.25) is 6.29 Å². The van der Waals surface area contributed by atoms with E-state index in [0.717, 1.165) is 19.4 Å². The molecular formula is C29H44O8Si2. The van der Waals surface area contributed by atoms with Gasteiger partial charge in [-0.05, 0) is 37.1 Å². The molecule has 0 aliphatic carbocycles. The van der Waals surface area contributed by atoms with E-state index in [-0.39, 0.29) is 13.0 Å². The SMILES string of the molecule is CCCOCCCOCCC(OOC(=O)c1ccc([Si](C)(C)C)cc1)OOC(=O)c1ccc([Si](C)(C)C)cc1. The van der Waals surface area contributed by atoms with Gasteiger partial charge in [-0.25, -0.2) is 9.59 Å². The quantitative estimate of drug-likeness (QED) is 0.0834. The topological polar surface area (TPSA) is 89.5 Å². The van der Waals surface area contributed by atoms with Gasteiger partial charge in [-0.15, -0.1) is 9.78 Å². The molecule has 2 rings (SSSR count). The smallest absolute Gasteiger partial charge is 0.373 e. The molecule has 8 nitrogen and oxygen atoms in total. The zero-order chi connectivity index (χ0) is 28.9. The summed E-state index contributed by atoms with van der Waals surface area (Å²) in [6.45, 7) is 17.5. The van der Waals surface area contributed by atoms with Gasteiger partial charge in [0.05, 0.1) is 33.9 Å². The Hall–Kier alpha value is -2.35. The number of carbonyl (C=O) groups excluding carboxylic acids is 2. The highest BCUT2D eigenvalue weighted by molar-refractivity contribution is 6.89. The summed E-state index contributed by atoms with van der Waals surface area (Å²) >= 11 is 0. The third kappa shape index (κ3) is 12.1. The Morgan fingerprint density at radius 2 is 1.05 bits per heavy atom. The van der Waals surface area contributed by atoms with Crippen LogP contribution >= 0.6 is 0 Å². The van der Waals surface area contributed by atoms with Crippen LogP contribution < -0.4 is 10.4 Å². The Labute approximate surface area is 234 Å². The van der Waals surface area contributed by atoms with Crippen molar-refractivity contribution in [3.63, 3.8) is 0 Å². The van der Waals surface area contributed by atoms with Gasteiger partial charge in [0.25, 0.3) is 0 Å². The van der Waals surface area contributed by atoms with Crippen molar-refractivity contribution in [3.8, 4) is 0 Å². The minimum atomic E-state index is -1.49. The molecule has 0 saturated carbocycles. The molecule has 0 bridgehead atoms. The molecule has 0 spiro atoms. The average molecular weight is 577 g/mol. The Kier molecular flexibility index (Phi) is 13.5. The van der Waals surface area contributed by atoms with Gasteiger partial charge in [0, 0.05) is 26.2 Å². The first kappa shape index (κ1) is 32.9. The van der Waals surface area contributed by atoms with Crippen molar-refractivity contribution in [3.05, 3.63) is 59.7 Å². The summed E-state index contributed by atoms with van der Waals surface area (Å²) < 4.78 is 11.0. The van der Waals surface area contributed by atoms with Gasteiger partial charge in [-0.2, -0.15) is 0 Å². The zero-order valence-corrected chi connectivity index (χ0v) is 26.4. The largest absolute Gasteiger partial charge is 0.381 e. The fourth-order valence-corrected chi connectivity index (χ4v) is 5.74. The van der Waals surface area contributed by atoms with E-state index in [1.54, 1.807) is 24.3 Å². The van der Waals surface area contributed by atoms with Gasteiger partial charge < -0.3 is 9.47 Å². The van der Waals surface area contributed by atoms with Gasteiger partial charge >= 0.3 is 11.9 Å². The monoisotopic (exact) mass is 576 g/mol. The van der Waals surface area contributed by atoms with Gasteiger partial charge in [0.1, 0.15) is 0 Å². The van der Waals surface area contributed by atoms with Crippen LogP contribution in [0.15, 0.2) is 48.5 Å². The second-order valence-corrected chi connectivity index (χ2v) is 21.5. The Morgan fingerprint density at radius 1 is 0.641 bits per heavy atom. The number of carbonyl (C=O) groups is 2. The highest BCUT2D eigenvalue weighted by Crippen LogP contribution is 2.11. The summed E-state index contributed by atoms with van der Waals surface area (Å²) in [6, 6.07) is 14.6. The first-order chi connectivity index (χ1) is 18.4. The molecule has 0 amide bonds. The van der Waals surface area contributed by atoms with Crippen LogP contribution in [-0.4, -0.2) is 60.8 Å². The number of rotatable bonds is 17. The molecule has 0 unspecified atom stereocenters. The number of benzene rings is 2. The van der Waals surface area contributed by atoms with Crippen LogP contribution in [0, 0.1) is 0 Å². The fraction of sp³-hybridized carbons (Fsp3) is 0.517. The molecule has 2 aromatic rings. The van der Waals surface area contributed by atoms with Crippen molar-refractivity contribution in [2.24, 2.45) is 0 Å². The summed E-state index contributed by atoms with van der Waals surface area (Å²) in [6.07, 6.45) is 0.716.